The highest BCUT2D eigenvalue weighted by molar-refractivity contribution is 4.95. The first-order valence-corrected chi connectivity index (χ1v) is 4.83. The molecule has 0 radical (unpaired) electrons. The Morgan fingerprint density at radius 2 is 2.08 bits per heavy atom. The van der Waals surface area contributed by atoms with E-state index in [-0.39, 0.29) is 11.5 Å². The van der Waals surface area contributed by atoms with Crippen LogP contribution >= 0.6 is 0 Å². The van der Waals surface area contributed by atoms with Gasteiger partial charge in [0.05, 0.1) is 12.7 Å². The number of rotatable bonds is 2. The van der Waals surface area contributed by atoms with Gasteiger partial charge in [0, 0.05) is 5.41 Å². The van der Waals surface area contributed by atoms with Crippen molar-refractivity contribution in [1.82, 2.24) is 0 Å². The first-order chi connectivity index (χ1) is 5.87. The Labute approximate surface area is 80.9 Å². The number of hydrogen-bond acceptors (Lipinski definition) is 2. The third kappa shape index (κ3) is 2.55. The van der Waals surface area contributed by atoms with Gasteiger partial charge < -0.3 is 9.47 Å². The Hall–Kier alpha value is -0.340. The third-order valence-electron chi connectivity index (χ3n) is 2.61. The summed E-state index contributed by atoms with van der Waals surface area (Å²) < 4.78 is 11.3. The molecule has 0 spiro atoms. The lowest BCUT2D eigenvalue weighted by Crippen LogP contribution is -2.45. The molecular weight excluding hydrogens is 164 g/mol. The van der Waals surface area contributed by atoms with Crippen molar-refractivity contribution in [3.63, 3.8) is 0 Å². The Morgan fingerprint density at radius 3 is 2.54 bits per heavy atom. The Bertz CT molecular complexity index is 194. The molecule has 1 aliphatic rings. The van der Waals surface area contributed by atoms with Gasteiger partial charge in [-0.05, 0) is 20.3 Å². The summed E-state index contributed by atoms with van der Waals surface area (Å²) in [5.74, 6) is -0.441. The molecule has 0 unspecified atom stereocenters. The highest BCUT2D eigenvalue weighted by atomic mass is 16.7. The molecule has 1 atom stereocenters. The lowest BCUT2D eigenvalue weighted by atomic mass is 9.84. The van der Waals surface area contributed by atoms with Gasteiger partial charge in [-0.3, -0.25) is 0 Å². The highest BCUT2D eigenvalue weighted by Gasteiger charge is 2.36. The zero-order valence-corrected chi connectivity index (χ0v) is 9.09. The molecule has 0 aromatic carbocycles. The summed E-state index contributed by atoms with van der Waals surface area (Å²) in [4.78, 5) is 0. The molecule has 0 aliphatic carbocycles. The minimum Gasteiger partial charge on any atom is -0.350 e. The molecule has 0 aromatic heterocycles. The molecule has 0 N–H and O–H groups in total. The van der Waals surface area contributed by atoms with E-state index >= 15 is 0 Å². The Balaban J connectivity index is 2.67. The minimum atomic E-state index is -0.441. The number of ether oxygens (including phenoxy) is 2. The summed E-state index contributed by atoms with van der Waals surface area (Å²) in [5, 5.41) is 0. The second-order valence-corrected chi connectivity index (χ2v) is 4.67. The zero-order chi connectivity index (χ0) is 10.1. The summed E-state index contributed by atoms with van der Waals surface area (Å²) >= 11 is 0. The van der Waals surface area contributed by atoms with Crippen LogP contribution in [0, 0.1) is 5.41 Å². The molecule has 0 aromatic rings. The van der Waals surface area contributed by atoms with E-state index in [9.17, 15) is 0 Å². The Morgan fingerprint density at radius 1 is 1.46 bits per heavy atom. The SMILES string of the molecule is C=CC(C)(C)[C@@H]1CCOC(C)(C)O1. The van der Waals surface area contributed by atoms with Crippen LogP contribution in [-0.2, 0) is 9.47 Å². The molecular formula is C11H20O2. The maximum Gasteiger partial charge on any atom is 0.163 e. The van der Waals surface area contributed by atoms with Crippen LogP contribution in [0.25, 0.3) is 0 Å². The van der Waals surface area contributed by atoms with Crippen LogP contribution in [0.4, 0.5) is 0 Å². The zero-order valence-electron chi connectivity index (χ0n) is 9.09. The van der Waals surface area contributed by atoms with Crippen LogP contribution in [-0.4, -0.2) is 18.5 Å². The van der Waals surface area contributed by atoms with Crippen LogP contribution in [0.2, 0.25) is 0 Å². The predicted octanol–water partition coefficient (Wildman–Crippen LogP) is 2.74. The molecule has 76 valence electrons. The van der Waals surface area contributed by atoms with Crippen LogP contribution in [0.3, 0.4) is 0 Å². The molecule has 13 heavy (non-hydrogen) atoms. The Kier molecular flexibility index (Phi) is 2.83. The third-order valence-corrected chi connectivity index (χ3v) is 2.61. The summed E-state index contributed by atoms with van der Waals surface area (Å²) in [6.45, 7) is 12.8. The normalized spacial score (nSPS) is 28.5. The highest BCUT2D eigenvalue weighted by Crippen LogP contribution is 2.34. The molecule has 1 fully saturated rings. The van der Waals surface area contributed by atoms with Crippen molar-refractivity contribution in [2.45, 2.75) is 46.0 Å². The molecule has 0 bridgehead atoms. The standard InChI is InChI=1S/C11H20O2/c1-6-10(2,3)9-7-8-12-11(4,5)13-9/h6,9H,1,7-8H2,2-5H3/t9-/m0/s1. The maximum absolute atomic E-state index is 5.84. The van der Waals surface area contributed by atoms with Crippen LogP contribution in [0.15, 0.2) is 12.7 Å². The molecule has 1 heterocycles. The summed E-state index contributed by atoms with van der Waals surface area (Å²) in [6, 6.07) is 0. The van der Waals surface area contributed by atoms with Gasteiger partial charge >= 0.3 is 0 Å². The van der Waals surface area contributed by atoms with E-state index in [0.29, 0.717) is 0 Å². The summed E-state index contributed by atoms with van der Waals surface area (Å²) in [6.07, 6.45) is 3.12. The maximum atomic E-state index is 5.84. The van der Waals surface area contributed by atoms with Crippen LogP contribution in [0.5, 0.6) is 0 Å². The topological polar surface area (TPSA) is 18.5 Å². The minimum absolute atomic E-state index is 0.0288. The lowest BCUT2D eigenvalue weighted by molar-refractivity contribution is -0.287. The van der Waals surface area contributed by atoms with Gasteiger partial charge in [-0.2, -0.15) is 0 Å². The van der Waals surface area contributed by atoms with E-state index in [4.69, 9.17) is 9.47 Å². The average Bonchev–Trinajstić information content (AvgIpc) is 2.03. The van der Waals surface area contributed by atoms with E-state index in [0.717, 1.165) is 13.0 Å². The van der Waals surface area contributed by atoms with Crippen molar-refractivity contribution in [2.24, 2.45) is 5.41 Å². The number of hydrogen-bond donors (Lipinski definition) is 0. The fraction of sp³-hybridized carbons (Fsp3) is 0.818. The molecule has 1 saturated heterocycles. The van der Waals surface area contributed by atoms with Crippen molar-refractivity contribution >= 4 is 0 Å². The molecule has 0 amide bonds. The average molecular weight is 184 g/mol. The van der Waals surface area contributed by atoms with Gasteiger partial charge in [-0.15, -0.1) is 6.58 Å². The van der Waals surface area contributed by atoms with Gasteiger partial charge in [0.15, 0.2) is 5.79 Å². The van der Waals surface area contributed by atoms with Crippen LogP contribution in [0.1, 0.15) is 34.1 Å². The first kappa shape index (κ1) is 10.7. The van der Waals surface area contributed by atoms with E-state index < -0.39 is 5.79 Å². The van der Waals surface area contributed by atoms with Crippen molar-refractivity contribution in [2.75, 3.05) is 6.61 Å². The van der Waals surface area contributed by atoms with Gasteiger partial charge in [-0.1, -0.05) is 19.9 Å². The van der Waals surface area contributed by atoms with Gasteiger partial charge in [-0.25, -0.2) is 0 Å². The second-order valence-electron chi connectivity index (χ2n) is 4.67. The van der Waals surface area contributed by atoms with Gasteiger partial charge in [0.25, 0.3) is 0 Å². The molecule has 2 heteroatoms. The molecule has 1 aliphatic heterocycles. The summed E-state index contributed by atoms with van der Waals surface area (Å²) in [7, 11) is 0. The van der Waals surface area contributed by atoms with E-state index in [1.807, 2.05) is 19.9 Å². The molecule has 2 nitrogen and oxygen atoms in total. The smallest absolute Gasteiger partial charge is 0.163 e. The van der Waals surface area contributed by atoms with Gasteiger partial charge in [0.2, 0.25) is 0 Å². The summed E-state index contributed by atoms with van der Waals surface area (Å²) in [5.41, 5.74) is 0.0288. The fourth-order valence-corrected chi connectivity index (χ4v) is 1.50. The molecule has 1 rings (SSSR count). The van der Waals surface area contributed by atoms with Crippen molar-refractivity contribution in [1.29, 1.82) is 0 Å². The molecule has 0 saturated carbocycles. The van der Waals surface area contributed by atoms with Crippen LogP contribution < -0.4 is 0 Å². The van der Waals surface area contributed by atoms with E-state index in [1.165, 1.54) is 0 Å². The van der Waals surface area contributed by atoms with Crippen molar-refractivity contribution in [3.05, 3.63) is 12.7 Å². The lowest BCUT2D eigenvalue weighted by Gasteiger charge is -2.42. The van der Waals surface area contributed by atoms with Crippen molar-refractivity contribution in [3.8, 4) is 0 Å². The monoisotopic (exact) mass is 184 g/mol. The van der Waals surface area contributed by atoms with E-state index in [1.54, 1.807) is 0 Å². The largest absolute Gasteiger partial charge is 0.350 e. The van der Waals surface area contributed by atoms with E-state index in [2.05, 4.69) is 20.4 Å². The quantitative estimate of drug-likeness (QED) is 0.614. The fourth-order valence-electron chi connectivity index (χ4n) is 1.50. The predicted molar refractivity (Wildman–Crippen MR) is 53.5 cm³/mol. The second kappa shape index (κ2) is 3.43. The first-order valence-electron chi connectivity index (χ1n) is 4.83. The van der Waals surface area contributed by atoms with Gasteiger partial charge in [0.1, 0.15) is 0 Å². The van der Waals surface area contributed by atoms with Crippen molar-refractivity contribution < 1.29 is 9.47 Å².